The van der Waals surface area contributed by atoms with Crippen LogP contribution in [0.2, 0.25) is 0 Å². The lowest BCUT2D eigenvalue weighted by molar-refractivity contribution is -0.149. The van der Waals surface area contributed by atoms with Gasteiger partial charge in [-0.3, -0.25) is 0 Å². The van der Waals surface area contributed by atoms with E-state index >= 15 is 0 Å². The maximum atomic E-state index is 12.0. The largest absolute Gasteiger partial charge is 0.330 e. The fourth-order valence-corrected chi connectivity index (χ4v) is 0.645. The lowest BCUT2D eigenvalue weighted by atomic mass is 10.4. The van der Waals surface area contributed by atoms with Gasteiger partial charge in [0.25, 0.3) is 0 Å². The summed E-state index contributed by atoms with van der Waals surface area (Å²) in [6.07, 6.45) is -3.81. The van der Waals surface area contributed by atoms with E-state index in [9.17, 15) is 17.6 Å². The minimum absolute atomic E-state index is 1.01. The maximum Gasteiger partial charge on any atom is 0.330 e. The summed E-state index contributed by atoms with van der Waals surface area (Å²) in [5.74, 6) is -4.25. The fraction of sp³-hybridized carbons (Fsp3) is 1.00. The van der Waals surface area contributed by atoms with Crippen LogP contribution in [-0.2, 0) is 9.05 Å². The SMILES string of the molecule is COP(O)OCC(F)(F)C(F)F. The van der Waals surface area contributed by atoms with Crippen molar-refractivity contribution in [1.29, 1.82) is 0 Å². The molecule has 0 heterocycles. The van der Waals surface area contributed by atoms with Crippen LogP contribution in [0.15, 0.2) is 0 Å². The van der Waals surface area contributed by atoms with E-state index in [-0.39, 0.29) is 0 Å². The van der Waals surface area contributed by atoms with E-state index in [0.29, 0.717) is 0 Å². The lowest BCUT2D eigenvalue weighted by Gasteiger charge is -2.15. The Kier molecular flexibility index (Phi) is 4.92. The zero-order chi connectivity index (χ0) is 9.78. The molecule has 0 aromatic rings. The van der Waals surface area contributed by atoms with Crippen LogP contribution in [0, 0.1) is 0 Å². The highest BCUT2D eigenvalue weighted by atomic mass is 31.2. The van der Waals surface area contributed by atoms with E-state index < -0.39 is 27.6 Å². The molecule has 3 nitrogen and oxygen atoms in total. The van der Waals surface area contributed by atoms with E-state index in [0.717, 1.165) is 7.11 Å². The van der Waals surface area contributed by atoms with Gasteiger partial charge in [0.05, 0.1) is 0 Å². The Hall–Kier alpha value is 0.0300. The van der Waals surface area contributed by atoms with Crippen LogP contribution >= 0.6 is 8.60 Å². The second-order valence-corrected chi connectivity index (χ2v) is 2.85. The Balaban J connectivity index is 3.75. The third-order valence-electron chi connectivity index (χ3n) is 0.843. The van der Waals surface area contributed by atoms with Gasteiger partial charge in [-0.1, -0.05) is 0 Å². The molecule has 0 fully saturated rings. The van der Waals surface area contributed by atoms with Crippen molar-refractivity contribution in [1.82, 2.24) is 0 Å². The highest BCUT2D eigenvalue weighted by Gasteiger charge is 2.41. The maximum absolute atomic E-state index is 12.0. The smallest absolute Gasteiger partial charge is 0.328 e. The van der Waals surface area contributed by atoms with Crippen LogP contribution in [0.1, 0.15) is 0 Å². The first-order valence-electron chi connectivity index (χ1n) is 2.72. The fourth-order valence-electron chi connectivity index (χ4n) is 0.257. The molecule has 0 spiro atoms. The first-order valence-corrected chi connectivity index (χ1v) is 3.85. The molecule has 0 aliphatic rings. The molecule has 0 saturated carbocycles. The summed E-state index contributed by atoms with van der Waals surface area (Å²) in [5, 5.41) is 0. The van der Waals surface area contributed by atoms with Crippen molar-refractivity contribution < 1.29 is 31.5 Å². The first-order chi connectivity index (χ1) is 5.40. The normalized spacial score (nSPS) is 15.2. The summed E-state index contributed by atoms with van der Waals surface area (Å²) in [4.78, 5) is 8.45. The summed E-state index contributed by atoms with van der Waals surface area (Å²) >= 11 is 0. The molecule has 1 atom stereocenters. The van der Waals surface area contributed by atoms with E-state index in [4.69, 9.17) is 4.89 Å². The number of hydrogen-bond donors (Lipinski definition) is 1. The number of hydrogen-bond acceptors (Lipinski definition) is 3. The Labute approximate surface area is 67.3 Å². The van der Waals surface area contributed by atoms with Gasteiger partial charge < -0.3 is 13.9 Å². The van der Waals surface area contributed by atoms with Crippen molar-refractivity contribution >= 4 is 8.60 Å². The monoisotopic (exact) mass is 210 g/mol. The Morgan fingerprint density at radius 2 is 2.00 bits per heavy atom. The quantitative estimate of drug-likeness (QED) is 0.555. The van der Waals surface area contributed by atoms with Gasteiger partial charge in [0.15, 0.2) is 0 Å². The molecule has 0 saturated heterocycles. The van der Waals surface area contributed by atoms with E-state index in [1.165, 1.54) is 0 Å². The number of halogens is 4. The van der Waals surface area contributed by atoms with Crippen molar-refractivity contribution in [3.8, 4) is 0 Å². The zero-order valence-corrected chi connectivity index (χ0v) is 6.90. The van der Waals surface area contributed by atoms with Crippen LogP contribution in [0.5, 0.6) is 0 Å². The van der Waals surface area contributed by atoms with Crippen LogP contribution in [0.25, 0.3) is 0 Å². The van der Waals surface area contributed by atoms with Gasteiger partial charge in [-0.25, -0.2) is 8.78 Å². The Bertz CT molecular complexity index is 133. The molecule has 74 valence electrons. The van der Waals surface area contributed by atoms with Crippen molar-refractivity contribution in [2.24, 2.45) is 0 Å². The minimum atomic E-state index is -4.25. The first kappa shape index (κ1) is 12.0. The van der Waals surface area contributed by atoms with Crippen LogP contribution < -0.4 is 0 Å². The molecule has 1 N–H and O–H groups in total. The highest BCUT2D eigenvalue weighted by molar-refractivity contribution is 7.40. The predicted molar refractivity (Wildman–Crippen MR) is 33.1 cm³/mol. The van der Waals surface area contributed by atoms with Gasteiger partial charge in [-0.2, -0.15) is 8.78 Å². The zero-order valence-electron chi connectivity index (χ0n) is 6.01. The molecule has 0 aliphatic heterocycles. The molecule has 0 rings (SSSR count). The van der Waals surface area contributed by atoms with Crippen molar-refractivity contribution in [3.63, 3.8) is 0 Å². The summed E-state index contributed by atoms with van der Waals surface area (Å²) < 4.78 is 54.8. The number of alkyl halides is 4. The minimum Gasteiger partial charge on any atom is -0.328 e. The molecule has 12 heavy (non-hydrogen) atoms. The standard InChI is InChI=1S/C4H7F4O3P/c1-10-12(9)11-2-4(7,8)3(5)6/h3,9H,2H2,1H3. The van der Waals surface area contributed by atoms with Gasteiger partial charge in [-0.05, 0) is 0 Å². The average Bonchev–Trinajstić information content (AvgIpc) is 2.00. The van der Waals surface area contributed by atoms with Gasteiger partial charge in [0.1, 0.15) is 6.61 Å². The van der Waals surface area contributed by atoms with Gasteiger partial charge in [0.2, 0.25) is 0 Å². The van der Waals surface area contributed by atoms with E-state index in [1.807, 2.05) is 0 Å². The van der Waals surface area contributed by atoms with Crippen molar-refractivity contribution in [3.05, 3.63) is 0 Å². The Morgan fingerprint density at radius 1 is 1.50 bits per heavy atom. The van der Waals surface area contributed by atoms with Crippen molar-refractivity contribution in [2.45, 2.75) is 12.3 Å². The van der Waals surface area contributed by atoms with E-state index in [1.54, 1.807) is 0 Å². The molecule has 1 unspecified atom stereocenters. The molecular weight excluding hydrogens is 203 g/mol. The summed E-state index contributed by atoms with van der Waals surface area (Å²) in [6.45, 7) is -1.55. The second kappa shape index (κ2) is 4.91. The van der Waals surface area contributed by atoms with Crippen molar-refractivity contribution in [2.75, 3.05) is 13.7 Å². The van der Waals surface area contributed by atoms with E-state index in [2.05, 4.69) is 9.05 Å². The summed E-state index contributed by atoms with van der Waals surface area (Å²) in [5.41, 5.74) is 0. The average molecular weight is 210 g/mol. The van der Waals surface area contributed by atoms with Crippen LogP contribution in [0.4, 0.5) is 17.6 Å². The topological polar surface area (TPSA) is 38.7 Å². The lowest BCUT2D eigenvalue weighted by Crippen LogP contribution is -2.31. The Morgan fingerprint density at radius 3 is 2.33 bits per heavy atom. The predicted octanol–water partition coefficient (Wildman–Crippen LogP) is 1.77. The number of rotatable bonds is 5. The molecule has 0 amide bonds. The molecular formula is C4H7F4O3P. The molecule has 0 aromatic carbocycles. The second-order valence-electron chi connectivity index (χ2n) is 1.76. The van der Waals surface area contributed by atoms with Gasteiger partial charge in [0, 0.05) is 7.11 Å². The summed E-state index contributed by atoms with van der Waals surface area (Å²) in [7, 11) is -1.47. The molecule has 0 aliphatic carbocycles. The third-order valence-corrected chi connectivity index (χ3v) is 1.51. The van der Waals surface area contributed by atoms with Gasteiger partial charge >= 0.3 is 21.0 Å². The molecule has 0 bridgehead atoms. The summed E-state index contributed by atoms with van der Waals surface area (Å²) in [6, 6.07) is 0. The van der Waals surface area contributed by atoms with Crippen LogP contribution in [0.3, 0.4) is 0 Å². The molecule has 0 radical (unpaired) electrons. The third kappa shape index (κ3) is 4.15. The molecule has 0 aromatic heterocycles. The molecule has 8 heteroatoms. The van der Waals surface area contributed by atoms with Gasteiger partial charge in [-0.15, -0.1) is 0 Å². The van der Waals surface area contributed by atoms with Crippen LogP contribution in [-0.4, -0.2) is 31.0 Å². The highest BCUT2D eigenvalue weighted by Crippen LogP contribution is 2.35.